The lowest BCUT2D eigenvalue weighted by Gasteiger charge is -2.34. The van der Waals surface area contributed by atoms with Crippen LogP contribution in [0, 0.1) is 13.8 Å². The zero-order valence-corrected chi connectivity index (χ0v) is 28.0. The summed E-state index contributed by atoms with van der Waals surface area (Å²) in [5, 5.41) is 3.81. The van der Waals surface area contributed by atoms with Gasteiger partial charge in [0.05, 0.1) is 11.9 Å². The van der Waals surface area contributed by atoms with Crippen LogP contribution in [0.4, 0.5) is 5.69 Å². The number of hydrogen-bond donors (Lipinski definition) is 1. The van der Waals surface area contributed by atoms with Gasteiger partial charge in [0.1, 0.15) is 6.04 Å². The monoisotopic (exact) mass is 645 g/mol. The van der Waals surface area contributed by atoms with Crippen molar-refractivity contribution < 1.29 is 18.0 Å². The molecule has 0 aliphatic rings. The zero-order chi connectivity index (χ0) is 31.9. The molecule has 43 heavy (non-hydrogen) atoms. The van der Waals surface area contributed by atoms with Crippen molar-refractivity contribution in [2.45, 2.75) is 72.0 Å². The second-order valence-corrected chi connectivity index (χ2v) is 14.6. The van der Waals surface area contributed by atoms with Gasteiger partial charge in [-0.1, -0.05) is 71.7 Å². The number of carbonyl (C=O) groups is 2. The molecule has 0 spiro atoms. The van der Waals surface area contributed by atoms with Gasteiger partial charge in [-0.25, -0.2) is 8.42 Å². The molecule has 10 heteroatoms. The van der Waals surface area contributed by atoms with Crippen LogP contribution in [0.15, 0.2) is 66.7 Å². The Balaban J connectivity index is 1.97. The molecule has 0 radical (unpaired) electrons. The van der Waals surface area contributed by atoms with E-state index in [1.807, 2.05) is 83.1 Å². The fraction of sp³-hybridized carbons (Fsp3) is 0.394. The van der Waals surface area contributed by atoms with Gasteiger partial charge in [-0.2, -0.15) is 0 Å². The van der Waals surface area contributed by atoms with Crippen LogP contribution < -0.4 is 9.62 Å². The van der Waals surface area contributed by atoms with Crippen LogP contribution in [0.2, 0.25) is 10.0 Å². The second-order valence-electron chi connectivity index (χ2n) is 11.9. The maximum absolute atomic E-state index is 14.1. The SMILES string of the molecule is Cc1ccc(C)c(N(CCCC(=O)N(Cc2c(Cl)cccc2Cl)[C@@H](Cc2ccccc2)C(=O)NC(C)(C)C)S(C)(=O)=O)c1. The third-order valence-corrected chi connectivity index (χ3v) is 8.83. The van der Waals surface area contributed by atoms with Crippen molar-refractivity contribution in [3.05, 3.63) is 99.0 Å². The quantitative estimate of drug-likeness (QED) is 0.237. The Morgan fingerprint density at radius 2 is 1.56 bits per heavy atom. The van der Waals surface area contributed by atoms with Crippen molar-refractivity contribution in [2.75, 3.05) is 17.1 Å². The summed E-state index contributed by atoms with van der Waals surface area (Å²) in [4.78, 5) is 29.3. The first-order valence-corrected chi connectivity index (χ1v) is 16.8. The van der Waals surface area contributed by atoms with Crippen molar-refractivity contribution in [3.8, 4) is 0 Å². The van der Waals surface area contributed by atoms with Crippen LogP contribution in [-0.4, -0.2) is 49.5 Å². The Bertz CT molecular complexity index is 1520. The molecule has 0 saturated heterocycles. The fourth-order valence-corrected chi connectivity index (χ4v) is 6.36. The van der Waals surface area contributed by atoms with Crippen molar-refractivity contribution >= 4 is 50.7 Å². The smallest absolute Gasteiger partial charge is 0.243 e. The first kappa shape index (κ1) is 34.4. The van der Waals surface area contributed by atoms with Crippen LogP contribution in [0.25, 0.3) is 0 Å². The van der Waals surface area contributed by atoms with Crippen molar-refractivity contribution in [2.24, 2.45) is 0 Å². The van der Waals surface area contributed by atoms with Gasteiger partial charge in [0, 0.05) is 47.1 Å². The molecular formula is C33H41Cl2N3O4S. The highest BCUT2D eigenvalue weighted by atomic mass is 35.5. The van der Waals surface area contributed by atoms with E-state index in [0.717, 1.165) is 22.9 Å². The lowest BCUT2D eigenvalue weighted by molar-refractivity contribution is -0.142. The van der Waals surface area contributed by atoms with Gasteiger partial charge in [0.15, 0.2) is 0 Å². The van der Waals surface area contributed by atoms with E-state index in [0.29, 0.717) is 21.3 Å². The van der Waals surface area contributed by atoms with Gasteiger partial charge >= 0.3 is 0 Å². The predicted molar refractivity (Wildman–Crippen MR) is 176 cm³/mol. The Labute approximate surface area is 266 Å². The molecule has 3 aromatic carbocycles. The minimum absolute atomic E-state index is 0.00699. The van der Waals surface area contributed by atoms with E-state index in [2.05, 4.69) is 5.32 Å². The molecular weight excluding hydrogens is 605 g/mol. The average Bonchev–Trinajstić information content (AvgIpc) is 2.90. The largest absolute Gasteiger partial charge is 0.350 e. The Hall–Kier alpha value is -3.07. The summed E-state index contributed by atoms with van der Waals surface area (Å²) in [5.41, 5.74) is 3.22. The topological polar surface area (TPSA) is 86.8 Å². The second kappa shape index (κ2) is 14.6. The normalized spacial score (nSPS) is 12.5. The summed E-state index contributed by atoms with van der Waals surface area (Å²) in [5.74, 6) is -0.614. The Morgan fingerprint density at radius 3 is 2.14 bits per heavy atom. The molecule has 0 heterocycles. The number of sulfonamides is 1. The first-order chi connectivity index (χ1) is 20.1. The zero-order valence-electron chi connectivity index (χ0n) is 25.7. The summed E-state index contributed by atoms with van der Waals surface area (Å²) in [6.45, 7) is 9.53. The van der Waals surface area contributed by atoms with E-state index in [1.54, 1.807) is 18.2 Å². The molecule has 0 aliphatic heterocycles. The standard InChI is InChI=1S/C33H41Cl2N3O4S/c1-23-17-18-24(2)29(20-23)38(43(6,41)42)19-11-16-31(39)37(22-26-27(34)14-10-15-28(26)35)30(32(40)36-33(3,4)5)21-25-12-8-7-9-13-25/h7-10,12-15,17-18,20,30H,11,16,19,21-22H2,1-6H3,(H,36,40)/t30-/m0/s1. The van der Waals surface area contributed by atoms with Crippen LogP contribution in [0.1, 0.15) is 55.9 Å². The van der Waals surface area contributed by atoms with Crippen LogP contribution in [0.5, 0.6) is 0 Å². The third-order valence-electron chi connectivity index (χ3n) is 6.94. The molecule has 0 saturated carbocycles. The van der Waals surface area contributed by atoms with Crippen LogP contribution >= 0.6 is 23.2 Å². The van der Waals surface area contributed by atoms with E-state index in [4.69, 9.17) is 23.2 Å². The average molecular weight is 647 g/mol. The number of carbonyl (C=O) groups excluding carboxylic acids is 2. The molecule has 0 unspecified atom stereocenters. The number of hydrogen-bond acceptors (Lipinski definition) is 4. The maximum atomic E-state index is 14.1. The lowest BCUT2D eigenvalue weighted by atomic mass is 10.00. The number of nitrogens with one attached hydrogen (secondary N) is 1. The van der Waals surface area contributed by atoms with Crippen molar-refractivity contribution in [3.63, 3.8) is 0 Å². The Kier molecular flexibility index (Phi) is 11.7. The van der Waals surface area contributed by atoms with Crippen LogP contribution in [-0.2, 0) is 32.6 Å². The summed E-state index contributed by atoms with van der Waals surface area (Å²) < 4.78 is 26.9. The molecule has 232 valence electrons. The number of benzene rings is 3. The highest BCUT2D eigenvalue weighted by Gasteiger charge is 2.33. The highest BCUT2D eigenvalue weighted by Crippen LogP contribution is 2.29. The number of nitrogens with zero attached hydrogens (tertiary/aromatic N) is 2. The molecule has 2 amide bonds. The first-order valence-electron chi connectivity index (χ1n) is 14.2. The molecule has 1 atom stereocenters. The Morgan fingerprint density at radius 1 is 0.930 bits per heavy atom. The fourth-order valence-electron chi connectivity index (χ4n) is 4.83. The maximum Gasteiger partial charge on any atom is 0.243 e. The molecule has 3 rings (SSSR count). The van der Waals surface area contributed by atoms with Gasteiger partial charge < -0.3 is 10.2 Å². The molecule has 0 fully saturated rings. The lowest BCUT2D eigenvalue weighted by Crippen LogP contribution is -2.54. The van der Waals surface area contributed by atoms with E-state index >= 15 is 0 Å². The summed E-state index contributed by atoms with van der Waals surface area (Å²) >= 11 is 13.0. The van der Waals surface area contributed by atoms with E-state index in [-0.39, 0.29) is 44.2 Å². The van der Waals surface area contributed by atoms with Gasteiger partial charge in [0.2, 0.25) is 21.8 Å². The molecule has 0 aliphatic carbocycles. The highest BCUT2D eigenvalue weighted by molar-refractivity contribution is 7.92. The number of halogens is 2. The minimum Gasteiger partial charge on any atom is -0.350 e. The van der Waals surface area contributed by atoms with Gasteiger partial charge in [-0.15, -0.1) is 0 Å². The number of anilines is 1. The van der Waals surface area contributed by atoms with Gasteiger partial charge in [-0.05, 0) is 75.9 Å². The van der Waals surface area contributed by atoms with E-state index in [1.165, 1.54) is 9.21 Å². The van der Waals surface area contributed by atoms with Gasteiger partial charge in [-0.3, -0.25) is 13.9 Å². The van der Waals surface area contributed by atoms with E-state index < -0.39 is 21.6 Å². The van der Waals surface area contributed by atoms with Crippen molar-refractivity contribution in [1.29, 1.82) is 0 Å². The summed E-state index contributed by atoms with van der Waals surface area (Å²) in [7, 11) is -3.62. The molecule has 7 nitrogen and oxygen atoms in total. The van der Waals surface area contributed by atoms with Crippen molar-refractivity contribution in [1.82, 2.24) is 10.2 Å². The van der Waals surface area contributed by atoms with E-state index in [9.17, 15) is 18.0 Å². The molecule has 0 bridgehead atoms. The van der Waals surface area contributed by atoms with Gasteiger partial charge in [0.25, 0.3) is 0 Å². The summed E-state index contributed by atoms with van der Waals surface area (Å²) in [6, 6.07) is 19.4. The molecule has 0 aromatic heterocycles. The number of rotatable bonds is 12. The third kappa shape index (κ3) is 9.98. The molecule has 3 aromatic rings. The number of aryl methyl sites for hydroxylation is 2. The molecule has 1 N–H and O–H groups in total. The predicted octanol–water partition coefficient (Wildman–Crippen LogP) is 6.71. The number of amides is 2. The minimum atomic E-state index is -3.62. The summed E-state index contributed by atoms with van der Waals surface area (Å²) in [6.07, 6.45) is 1.68. The van der Waals surface area contributed by atoms with Crippen LogP contribution in [0.3, 0.4) is 0 Å².